The van der Waals surface area contributed by atoms with Crippen LogP contribution in [0.3, 0.4) is 0 Å². The second-order valence-corrected chi connectivity index (χ2v) is 9.42. The van der Waals surface area contributed by atoms with E-state index in [1.807, 2.05) is 58.2 Å². The minimum atomic E-state index is -0.668. The molecule has 2 N–H and O–H groups in total. The minimum Gasteiger partial charge on any atom is -0.449 e. The maximum atomic E-state index is 13.5. The first-order valence-electron chi connectivity index (χ1n) is 11.8. The van der Waals surface area contributed by atoms with Gasteiger partial charge in [-0.25, -0.2) is 4.79 Å². The molecule has 1 aliphatic heterocycles. The molecule has 1 aromatic carbocycles. The van der Waals surface area contributed by atoms with Gasteiger partial charge in [0.05, 0.1) is 6.61 Å². The minimum absolute atomic E-state index is 0.119. The van der Waals surface area contributed by atoms with Crippen LogP contribution in [-0.4, -0.2) is 71.5 Å². The van der Waals surface area contributed by atoms with E-state index in [9.17, 15) is 14.4 Å². The second kappa shape index (κ2) is 11.2. The molecule has 1 saturated heterocycles. The number of ether oxygens (including phenoxy) is 1. The molecule has 2 aromatic rings. The van der Waals surface area contributed by atoms with Crippen LogP contribution in [0.4, 0.5) is 4.79 Å². The second-order valence-electron chi connectivity index (χ2n) is 9.42. The zero-order valence-electron chi connectivity index (χ0n) is 20.1. The first-order chi connectivity index (χ1) is 15.8. The Bertz CT molecular complexity index is 968. The van der Waals surface area contributed by atoms with Gasteiger partial charge in [0, 0.05) is 55.6 Å². The summed E-state index contributed by atoms with van der Waals surface area (Å²) >= 11 is 0. The molecule has 0 saturated carbocycles. The number of para-hydroxylation sites is 1. The van der Waals surface area contributed by atoms with Gasteiger partial charge in [0.2, 0.25) is 11.8 Å². The van der Waals surface area contributed by atoms with E-state index >= 15 is 0 Å². The highest BCUT2D eigenvalue weighted by Gasteiger charge is 2.30. The van der Waals surface area contributed by atoms with Crippen LogP contribution in [0.5, 0.6) is 0 Å². The lowest BCUT2D eigenvalue weighted by Gasteiger charge is -2.27. The van der Waals surface area contributed by atoms with Crippen molar-refractivity contribution < 1.29 is 19.1 Å². The number of rotatable bonds is 7. The van der Waals surface area contributed by atoms with Gasteiger partial charge in [-0.15, -0.1) is 0 Å². The number of amides is 3. The quantitative estimate of drug-likeness (QED) is 0.669. The van der Waals surface area contributed by atoms with Crippen molar-refractivity contribution in [2.24, 2.45) is 11.8 Å². The first kappa shape index (κ1) is 24.6. The molecule has 3 rings (SSSR count). The highest BCUT2D eigenvalue weighted by atomic mass is 16.6. The van der Waals surface area contributed by atoms with E-state index in [0.717, 1.165) is 16.5 Å². The molecule has 33 heavy (non-hydrogen) atoms. The summed E-state index contributed by atoms with van der Waals surface area (Å²) < 4.78 is 5.35. The number of hydrogen-bond donors (Lipinski definition) is 2. The van der Waals surface area contributed by atoms with Crippen molar-refractivity contribution in [2.45, 2.75) is 46.6 Å². The van der Waals surface area contributed by atoms with E-state index in [-0.39, 0.29) is 29.7 Å². The molecule has 2 heterocycles. The molecule has 1 aromatic heterocycles. The number of carbonyl (C=O) groups excluding carboxylic acids is 3. The van der Waals surface area contributed by atoms with Crippen molar-refractivity contribution in [1.82, 2.24) is 20.1 Å². The van der Waals surface area contributed by atoms with E-state index in [1.165, 1.54) is 0 Å². The Hall–Kier alpha value is -3.03. The van der Waals surface area contributed by atoms with Gasteiger partial charge in [-0.05, 0) is 24.0 Å². The van der Waals surface area contributed by atoms with Crippen LogP contribution in [0, 0.1) is 11.8 Å². The van der Waals surface area contributed by atoms with Crippen LogP contribution in [0.25, 0.3) is 10.9 Å². The molecule has 1 atom stereocenters. The maximum Gasteiger partial charge on any atom is 0.409 e. The van der Waals surface area contributed by atoms with Crippen LogP contribution in [-0.2, 0) is 20.7 Å². The summed E-state index contributed by atoms with van der Waals surface area (Å²) in [7, 11) is 0. The van der Waals surface area contributed by atoms with Crippen molar-refractivity contribution in [3.8, 4) is 0 Å². The topological polar surface area (TPSA) is 94.7 Å². The molecular weight excluding hydrogens is 420 g/mol. The van der Waals surface area contributed by atoms with Gasteiger partial charge in [-0.2, -0.15) is 0 Å². The lowest BCUT2D eigenvalue weighted by molar-refractivity contribution is -0.137. The predicted molar refractivity (Wildman–Crippen MR) is 128 cm³/mol. The number of aromatic amines is 1. The Kier molecular flexibility index (Phi) is 8.36. The summed E-state index contributed by atoms with van der Waals surface area (Å²) in [5, 5.41) is 4.00. The molecule has 1 unspecified atom stereocenters. The van der Waals surface area contributed by atoms with Gasteiger partial charge in [0.25, 0.3) is 0 Å². The van der Waals surface area contributed by atoms with Crippen molar-refractivity contribution in [2.75, 3.05) is 32.8 Å². The lowest BCUT2D eigenvalue weighted by atomic mass is 10.0. The largest absolute Gasteiger partial charge is 0.449 e. The van der Waals surface area contributed by atoms with Crippen molar-refractivity contribution in [3.63, 3.8) is 0 Å². The summed E-state index contributed by atoms with van der Waals surface area (Å²) in [6.07, 6.45) is 2.64. The molecule has 180 valence electrons. The van der Waals surface area contributed by atoms with Gasteiger partial charge in [-0.1, -0.05) is 45.9 Å². The van der Waals surface area contributed by atoms with Crippen LogP contribution < -0.4 is 5.32 Å². The summed E-state index contributed by atoms with van der Waals surface area (Å²) in [6, 6.07) is 7.26. The molecule has 1 aliphatic rings. The van der Waals surface area contributed by atoms with Crippen LogP contribution in [0.15, 0.2) is 30.5 Å². The van der Waals surface area contributed by atoms with Crippen LogP contribution >= 0.6 is 0 Å². The SMILES string of the molecule is CC(C)COC(=O)N1CCCN(C(=O)C(Cc2c[nH]c3ccccc23)NC(=O)C(C)C)CC1. The highest BCUT2D eigenvalue weighted by Crippen LogP contribution is 2.20. The van der Waals surface area contributed by atoms with E-state index in [2.05, 4.69) is 10.3 Å². The number of nitrogens with zero attached hydrogens (tertiary/aromatic N) is 2. The van der Waals surface area contributed by atoms with E-state index < -0.39 is 6.04 Å². The Morgan fingerprint density at radius 2 is 1.73 bits per heavy atom. The summed E-state index contributed by atoms with van der Waals surface area (Å²) in [6.45, 7) is 9.92. The number of H-pyrrole nitrogens is 1. The lowest BCUT2D eigenvalue weighted by Crippen LogP contribution is -2.51. The highest BCUT2D eigenvalue weighted by molar-refractivity contribution is 5.90. The van der Waals surface area contributed by atoms with Crippen molar-refractivity contribution in [1.29, 1.82) is 0 Å². The smallest absolute Gasteiger partial charge is 0.409 e. The van der Waals surface area contributed by atoms with E-state index in [1.54, 1.807) is 9.80 Å². The fraction of sp³-hybridized carbons (Fsp3) is 0.560. The van der Waals surface area contributed by atoms with E-state index in [4.69, 9.17) is 4.74 Å². The van der Waals surface area contributed by atoms with Gasteiger partial charge in [0.1, 0.15) is 6.04 Å². The molecule has 8 nitrogen and oxygen atoms in total. The normalized spacial score (nSPS) is 15.6. The average Bonchev–Trinajstić information content (AvgIpc) is 3.02. The van der Waals surface area contributed by atoms with Crippen LogP contribution in [0.2, 0.25) is 0 Å². The summed E-state index contributed by atoms with van der Waals surface area (Å²) in [4.78, 5) is 45.1. The molecule has 0 aliphatic carbocycles. The molecule has 1 fully saturated rings. The summed E-state index contributed by atoms with van der Waals surface area (Å²) in [5.41, 5.74) is 1.99. The van der Waals surface area contributed by atoms with Gasteiger partial charge >= 0.3 is 6.09 Å². The molecule has 8 heteroatoms. The molecule has 0 spiro atoms. The predicted octanol–water partition coefficient (Wildman–Crippen LogP) is 3.18. The number of fused-ring (bicyclic) bond motifs is 1. The van der Waals surface area contributed by atoms with Crippen molar-refractivity contribution in [3.05, 3.63) is 36.0 Å². The first-order valence-corrected chi connectivity index (χ1v) is 11.8. The third-order valence-corrected chi connectivity index (χ3v) is 5.84. The Balaban J connectivity index is 1.71. The fourth-order valence-corrected chi connectivity index (χ4v) is 3.93. The van der Waals surface area contributed by atoms with Crippen LogP contribution in [0.1, 0.15) is 39.7 Å². The zero-order valence-corrected chi connectivity index (χ0v) is 20.1. The Morgan fingerprint density at radius 1 is 1.03 bits per heavy atom. The number of nitrogens with one attached hydrogen (secondary N) is 2. The molecule has 0 bridgehead atoms. The average molecular weight is 457 g/mol. The van der Waals surface area contributed by atoms with Crippen molar-refractivity contribution >= 4 is 28.8 Å². The summed E-state index contributed by atoms with van der Waals surface area (Å²) in [5.74, 6) is -0.221. The standard InChI is InChI=1S/C25H36N4O4/c1-17(2)16-33-25(32)29-11-7-10-28(12-13-29)24(31)22(27-23(30)18(3)4)14-19-15-26-21-9-6-5-8-20(19)21/h5-6,8-9,15,17-18,22,26H,7,10-14,16H2,1-4H3,(H,27,30). The third-order valence-electron chi connectivity index (χ3n) is 5.84. The molecular formula is C25H36N4O4. The molecule has 3 amide bonds. The van der Waals surface area contributed by atoms with Gasteiger partial charge in [0.15, 0.2) is 0 Å². The van der Waals surface area contributed by atoms with Gasteiger partial charge < -0.3 is 24.8 Å². The fourth-order valence-electron chi connectivity index (χ4n) is 3.93. The molecule has 0 radical (unpaired) electrons. The number of aromatic nitrogens is 1. The monoisotopic (exact) mass is 456 g/mol. The Morgan fingerprint density at radius 3 is 2.45 bits per heavy atom. The third kappa shape index (κ3) is 6.49. The number of carbonyl (C=O) groups is 3. The Labute approximate surface area is 195 Å². The van der Waals surface area contributed by atoms with E-state index in [0.29, 0.717) is 45.6 Å². The van der Waals surface area contributed by atoms with Gasteiger partial charge in [-0.3, -0.25) is 9.59 Å². The number of benzene rings is 1. The maximum absolute atomic E-state index is 13.5. The number of hydrogen-bond acceptors (Lipinski definition) is 4. The zero-order chi connectivity index (χ0) is 24.0.